The number of aryl methyl sites for hydroxylation is 1. The highest BCUT2D eigenvalue weighted by Crippen LogP contribution is 2.31. The van der Waals surface area contributed by atoms with Gasteiger partial charge in [0.05, 0.1) is 0 Å². The Morgan fingerprint density at radius 1 is 1.50 bits per heavy atom. The third-order valence-corrected chi connectivity index (χ3v) is 2.13. The van der Waals surface area contributed by atoms with Crippen molar-refractivity contribution < 1.29 is 9.53 Å². The van der Waals surface area contributed by atoms with Crippen LogP contribution in [-0.2, 0) is 4.79 Å². The van der Waals surface area contributed by atoms with E-state index < -0.39 is 5.60 Å². The van der Waals surface area contributed by atoms with Crippen molar-refractivity contribution >= 4 is 11.7 Å². The predicted molar refractivity (Wildman–Crippen MR) is 52.3 cm³/mol. The minimum Gasteiger partial charge on any atom is -0.474 e. The number of hydrogen-bond donors (Lipinski definition) is 1. The molecule has 0 saturated carbocycles. The molecule has 14 heavy (non-hydrogen) atoms. The maximum Gasteiger partial charge on any atom is 0.269 e. The maximum absolute atomic E-state index is 11.5. The van der Waals surface area contributed by atoms with Gasteiger partial charge in [-0.2, -0.15) is 0 Å². The summed E-state index contributed by atoms with van der Waals surface area (Å²) in [6, 6.07) is 1.86. The van der Waals surface area contributed by atoms with Crippen LogP contribution in [0.15, 0.2) is 12.3 Å². The van der Waals surface area contributed by atoms with E-state index in [4.69, 9.17) is 4.74 Å². The fourth-order valence-corrected chi connectivity index (χ4v) is 1.29. The molecule has 1 aliphatic rings. The third-order valence-electron chi connectivity index (χ3n) is 2.13. The lowest BCUT2D eigenvalue weighted by Gasteiger charge is -2.30. The summed E-state index contributed by atoms with van der Waals surface area (Å²) < 4.78 is 5.54. The highest BCUT2D eigenvalue weighted by molar-refractivity contribution is 5.99. The molecule has 1 amide bonds. The van der Waals surface area contributed by atoms with E-state index in [9.17, 15) is 4.79 Å². The number of amides is 1. The first-order chi connectivity index (χ1) is 6.49. The van der Waals surface area contributed by atoms with Crippen LogP contribution in [0.3, 0.4) is 0 Å². The second-order valence-corrected chi connectivity index (χ2v) is 3.93. The number of pyridine rings is 1. The van der Waals surface area contributed by atoms with Gasteiger partial charge in [0.1, 0.15) is 0 Å². The molecule has 4 heteroatoms. The Bertz CT molecular complexity index is 399. The van der Waals surface area contributed by atoms with Crippen LogP contribution in [0.4, 0.5) is 5.82 Å². The molecule has 0 bridgehead atoms. The number of nitrogens with one attached hydrogen (secondary N) is 1. The average Bonchev–Trinajstić information content (AvgIpc) is 2.07. The van der Waals surface area contributed by atoms with E-state index in [2.05, 4.69) is 10.3 Å². The van der Waals surface area contributed by atoms with Gasteiger partial charge < -0.3 is 10.1 Å². The Balaban J connectivity index is 2.46. The normalized spacial score (nSPS) is 18.1. The van der Waals surface area contributed by atoms with Crippen LogP contribution in [0.25, 0.3) is 0 Å². The summed E-state index contributed by atoms with van der Waals surface area (Å²) in [6.07, 6.45) is 1.70. The Kier molecular flexibility index (Phi) is 1.74. The number of fused-ring (bicyclic) bond motifs is 1. The highest BCUT2D eigenvalue weighted by Gasteiger charge is 2.35. The van der Waals surface area contributed by atoms with Crippen molar-refractivity contribution in [3.8, 4) is 5.75 Å². The largest absolute Gasteiger partial charge is 0.474 e. The molecule has 0 saturated heterocycles. The average molecular weight is 192 g/mol. The van der Waals surface area contributed by atoms with Gasteiger partial charge in [-0.1, -0.05) is 0 Å². The maximum atomic E-state index is 11.5. The van der Waals surface area contributed by atoms with Crippen LogP contribution in [0.1, 0.15) is 19.4 Å². The van der Waals surface area contributed by atoms with E-state index in [1.807, 2.05) is 13.0 Å². The lowest BCUT2D eigenvalue weighted by Crippen LogP contribution is -2.46. The van der Waals surface area contributed by atoms with E-state index in [1.54, 1.807) is 20.0 Å². The van der Waals surface area contributed by atoms with E-state index in [0.717, 1.165) is 5.56 Å². The number of ether oxygens (including phenoxy) is 1. The molecular formula is C10H12N2O2. The fraction of sp³-hybridized carbons (Fsp3) is 0.400. The van der Waals surface area contributed by atoms with Gasteiger partial charge in [-0.15, -0.1) is 0 Å². The summed E-state index contributed by atoms with van der Waals surface area (Å²) in [5, 5.41) is 2.70. The lowest BCUT2D eigenvalue weighted by atomic mass is 10.1. The van der Waals surface area contributed by atoms with Gasteiger partial charge in [0, 0.05) is 6.20 Å². The van der Waals surface area contributed by atoms with Crippen molar-refractivity contribution in [2.75, 3.05) is 5.32 Å². The van der Waals surface area contributed by atoms with E-state index >= 15 is 0 Å². The van der Waals surface area contributed by atoms with Crippen LogP contribution in [-0.4, -0.2) is 16.5 Å². The number of aromatic nitrogens is 1. The Morgan fingerprint density at radius 3 is 2.93 bits per heavy atom. The molecule has 2 heterocycles. The van der Waals surface area contributed by atoms with Gasteiger partial charge in [-0.3, -0.25) is 4.79 Å². The first-order valence-corrected chi connectivity index (χ1v) is 4.46. The van der Waals surface area contributed by atoms with E-state index in [0.29, 0.717) is 11.6 Å². The van der Waals surface area contributed by atoms with Crippen LogP contribution >= 0.6 is 0 Å². The van der Waals surface area contributed by atoms with E-state index in [1.165, 1.54) is 0 Å². The Hall–Kier alpha value is -1.58. The van der Waals surface area contributed by atoms with Crippen molar-refractivity contribution in [3.05, 3.63) is 17.8 Å². The molecular weight excluding hydrogens is 180 g/mol. The Labute approximate surface area is 82.3 Å². The van der Waals surface area contributed by atoms with Gasteiger partial charge in [0.25, 0.3) is 5.91 Å². The summed E-state index contributed by atoms with van der Waals surface area (Å²) in [5.74, 6) is 0.968. The molecule has 0 fully saturated rings. The van der Waals surface area contributed by atoms with Crippen molar-refractivity contribution in [3.63, 3.8) is 0 Å². The Morgan fingerprint density at radius 2 is 2.21 bits per heavy atom. The summed E-state index contributed by atoms with van der Waals surface area (Å²) in [4.78, 5) is 15.6. The molecule has 0 unspecified atom stereocenters. The summed E-state index contributed by atoms with van der Waals surface area (Å²) in [7, 11) is 0. The molecule has 4 nitrogen and oxygen atoms in total. The number of hydrogen-bond acceptors (Lipinski definition) is 3. The molecule has 0 radical (unpaired) electrons. The van der Waals surface area contributed by atoms with Gasteiger partial charge in [-0.05, 0) is 32.4 Å². The monoisotopic (exact) mass is 192 g/mol. The predicted octanol–water partition coefficient (Wildman–Crippen LogP) is 1.50. The smallest absolute Gasteiger partial charge is 0.269 e. The van der Waals surface area contributed by atoms with Gasteiger partial charge in [0.2, 0.25) is 0 Å². The van der Waals surface area contributed by atoms with Gasteiger partial charge >= 0.3 is 0 Å². The lowest BCUT2D eigenvalue weighted by molar-refractivity contribution is -0.129. The molecule has 0 aliphatic carbocycles. The zero-order chi connectivity index (χ0) is 10.3. The standard InChI is InChI=1S/C10H12N2O2/c1-6-4-7-8(11-5-6)12-9(13)10(2,3)14-7/h4-5H,1-3H3,(H,11,12,13). The number of carbonyl (C=O) groups is 1. The molecule has 1 N–H and O–H groups in total. The molecule has 1 aromatic heterocycles. The van der Waals surface area contributed by atoms with Crippen LogP contribution in [0.5, 0.6) is 5.75 Å². The summed E-state index contributed by atoms with van der Waals surface area (Å²) >= 11 is 0. The summed E-state index contributed by atoms with van der Waals surface area (Å²) in [5.41, 5.74) is 0.193. The van der Waals surface area contributed by atoms with Crippen molar-refractivity contribution in [1.29, 1.82) is 0 Å². The minimum absolute atomic E-state index is 0.165. The molecule has 1 aliphatic heterocycles. The number of carbonyl (C=O) groups excluding carboxylic acids is 1. The highest BCUT2D eigenvalue weighted by atomic mass is 16.5. The topological polar surface area (TPSA) is 51.2 Å². The molecule has 0 aromatic carbocycles. The van der Waals surface area contributed by atoms with Crippen molar-refractivity contribution in [2.24, 2.45) is 0 Å². The number of nitrogens with zero attached hydrogens (tertiary/aromatic N) is 1. The van der Waals surface area contributed by atoms with Crippen molar-refractivity contribution in [2.45, 2.75) is 26.4 Å². The first-order valence-electron chi connectivity index (χ1n) is 4.46. The second kappa shape index (κ2) is 2.70. The number of anilines is 1. The third kappa shape index (κ3) is 1.32. The SMILES string of the molecule is Cc1cnc2c(c1)OC(C)(C)C(=O)N2. The van der Waals surface area contributed by atoms with Gasteiger partial charge in [0.15, 0.2) is 17.2 Å². The molecule has 2 rings (SSSR count). The summed E-state index contributed by atoms with van der Waals surface area (Å²) in [6.45, 7) is 5.39. The molecule has 74 valence electrons. The van der Waals surface area contributed by atoms with Crippen LogP contribution in [0.2, 0.25) is 0 Å². The van der Waals surface area contributed by atoms with Crippen LogP contribution in [0, 0.1) is 6.92 Å². The molecule has 1 aromatic rings. The van der Waals surface area contributed by atoms with Gasteiger partial charge in [-0.25, -0.2) is 4.98 Å². The molecule has 0 atom stereocenters. The fourth-order valence-electron chi connectivity index (χ4n) is 1.29. The van der Waals surface area contributed by atoms with Crippen molar-refractivity contribution in [1.82, 2.24) is 4.98 Å². The zero-order valence-electron chi connectivity index (χ0n) is 8.42. The zero-order valence-corrected chi connectivity index (χ0v) is 8.42. The van der Waals surface area contributed by atoms with E-state index in [-0.39, 0.29) is 5.91 Å². The first kappa shape index (κ1) is 8.99. The molecule has 0 spiro atoms. The number of rotatable bonds is 0. The second-order valence-electron chi connectivity index (χ2n) is 3.93. The van der Waals surface area contributed by atoms with Crippen LogP contribution < -0.4 is 10.1 Å². The quantitative estimate of drug-likeness (QED) is 0.677. The minimum atomic E-state index is -0.817.